The van der Waals surface area contributed by atoms with E-state index in [1.54, 1.807) is 14.2 Å². The van der Waals surface area contributed by atoms with E-state index in [0.717, 1.165) is 22.6 Å². The number of benzene rings is 4. The second-order valence-electron chi connectivity index (χ2n) is 7.41. The van der Waals surface area contributed by atoms with Gasteiger partial charge in [-0.2, -0.15) is 0 Å². The standard InChI is InChI=1S/C28H27NO2/c1-30-25-17-9-15-23(19-25)27(21-11-5-3-6-12-21)29-28(22-13-7-4-8-14-22)24-16-10-18-26(20-24)31-2/h3-20,27-29H,1-2H3/t27-,28+. The van der Waals surface area contributed by atoms with Gasteiger partial charge >= 0.3 is 0 Å². The number of ether oxygens (including phenoxy) is 2. The van der Waals surface area contributed by atoms with Crippen molar-refractivity contribution in [3.05, 3.63) is 131 Å². The average Bonchev–Trinajstić information content (AvgIpc) is 2.86. The number of hydrogen-bond acceptors (Lipinski definition) is 3. The van der Waals surface area contributed by atoms with Crippen molar-refractivity contribution >= 4 is 0 Å². The van der Waals surface area contributed by atoms with E-state index in [-0.39, 0.29) is 12.1 Å². The third-order valence-corrected chi connectivity index (χ3v) is 5.45. The second kappa shape index (κ2) is 9.96. The van der Waals surface area contributed by atoms with Gasteiger partial charge in [0, 0.05) is 0 Å². The molecule has 4 rings (SSSR count). The maximum absolute atomic E-state index is 5.50. The average molecular weight is 410 g/mol. The zero-order chi connectivity index (χ0) is 21.5. The quantitative estimate of drug-likeness (QED) is 0.377. The van der Waals surface area contributed by atoms with Crippen LogP contribution >= 0.6 is 0 Å². The molecule has 0 aliphatic rings. The Kier molecular flexibility index (Phi) is 6.65. The summed E-state index contributed by atoms with van der Waals surface area (Å²) in [6.45, 7) is 0. The molecule has 0 aliphatic carbocycles. The minimum absolute atomic E-state index is 0.0206. The van der Waals surface area contributed by atoms with Crippen molar-refractivity contribution in [3.63, 3.8) is 0 Å². The van der Waals surface area contributed by atoms with Crippen LogP contribution in [0.2, 0.25) is 0 Å². The largest absolute Gasteiger partial charge is 0.497 e. The van der Waals surface area contributed by atoms with Crippen LogP contribution in [0.3, 0.4) is 0 Å². The van der Waals surface area contributed by atoms with Gasteiger partial charge < -0.3 is 9.47 Å². The van der Waals surface area contributed by atoms with Crippen molar-refractivity contribution in [1.82, 2.24) is 5.32 Å². The van der Waals surface area contributed by atoms with Gasteiger partial charge in [-0.25, -0.2) is 0 Å². The summed E-state index contributed by atoms with van der Waals surface area (Å²) in [7, 11) is 3.40. The van der Waals surface area contributed by atoms with Gasteiger partial charge in [0.05, 0.1) is 26.3 Å². The molecule has 31 heavy (non-hydrogen) atoms. The molecule has 0 aliphatic heterocycles. The fourth-order valence-electron chi connectivity index (χ4n) is 3.87. The molecule has 0 amide bonds. The molecule has 4 aromatic carbocycles. The van der Waals surface area contributed by atoms with Gasteiger partial charge in [-0.3, -0.25) is 5.32 Å². The lowest BCUT2D eigenvalue weighted by Crippen LogP contribution is -2.28. The molecule has 2 atom stereocenters. The maximum Gasteiger partial charge on any atom is 0.119 e. The summed E-state index contributed by atoms with van der Waals surface area (Å²) in [6.07, 6.45) is 0. The zero-order valence-corrected chi connectivity index (χ0v) is 17.9. The van der Waals surface area contributed by atoms with Crippen LogP contribution in [0.25, 0.3) is 0 Å². The Labute approximate surface area is 184 Å². The van der Waals surface area contributed by atoms with Gasteiger partial charge in [0.15, 0.2) is 0 Å². The summed E-state index contributed by atoms with van der Waals surface area (Å²) in [5.41, 5.74) is 4.68. The Balaban J connectivity index is 1.80. The number of hydrogen-bond donors (Lipinski definition) is 1. The maximum atomic E-state index is 5.50. The first-order chi connectivity index (χ1) is 15.3. The minimum Gasteiger partial charge on any atom is -0.497 e. The van der Waals surface area contributed by atoms with Crippen molar-refractivity contribution in [2.75, 3.05) is 14.2 Å². The highest BCUT2D eigenvalue weighted by molar-refractivity contribution is 5.41. The summed E-state index contributed by atoms with van der Waals surface area (Å²) >= 11 is 0. The highest BCUT2D eigenvalue weighted by Crippen LogP contribution is 2.32. The van der Waals surface area contributed by atoms with Gasteiger partial charge in [-0.15, -0.1) is 0 Å². The molecule has 0 bridgehead atoms. The van der Waals surface area contributed by atoms with Gasteiger partial charge in [0.2, 0.25) is 0 Å². The van der Waals surface area contributed by atoms with Gasteiger partial charge in [-0.1, -0.05) is 84.9 Å². The summed E-state index contributed by atoms with van der Waals surface area (Å²) in [5.74, 6) is 1.69. The Bertz CT molecular complexity index is 1010. The first-order valence-electron chi connectivity index (χ1n) is 10.4. The van der Waals surface area contributed by atoms with E-state index in [4.69, 9.17) is 9.47 Å². The third-order valence-electron chi connectivity index (χ3n) is 5.45. The van der Waals surface area contributed by atoms with E-state index in [2.05, 4.69) is 78.1 Å². The first kappa shape index (κ1) is 20.7. The summed E-state index contributed by atoms with van der Waals surface area (Å²) < 4.78 is 11.0. The monoisotopic (exact) mass is 409 g/mol. The van der Waals surface area contributed by atoms with E-state index in [0.29, 0.717) is 0 Å². The van der Waals surface area contributed by atoms with Crippen LogP contribution in [0, 0.1) is 0 Å². The van der Waals surface area contributed by atoms with Gasteiger partial charge in [-0.05, 0) is 46.5 Å². The lowest BCUT2D eigenvalue weighted by molar-refractivity contribution is 0.412. The fraction of sp³-hybridized carbons (Fsp3) is 0.143. The molecule has 3 nitrogen and oxygen atoms in total. The van der Waals surface area contributed by atoms with E-state index in [9.17, 15) is 0 Å². The van der Waals surface area contributed by atoms with Crippen LogP contribution in [-0.4, -0.2) is 14.2 Å². The predicted molar refractivity (Wildman–Crippen MR) is 126 cm³/mol. The zero-order valence-electron chi connectivity index (χ0n) is 17.9. The number of nitrogens with one attached hydrogen (secondary N) is 1. The molecular formula is C28H27NO2. The van der Waals surface area contributed by atoms with Crippen molar-refractivity contribution < 1.29 is 9.47 Å². The van der Waals surface area contributed by atoms with Crippen molar-refractivity contribution in [2.24, 2.45) is 0 Å². The van der Waals surface area contributed by atoms with Crippen molar-refractivity contribution in [3.8, 4) is 11.5 Å². The summed E-state index contributed by atoms with van der Waals surface area (Å²) in [5, 5.41) is 3.91. The Morgan fingerprint density at radius 1 is 0.484 bits per heavy atom. The summed E-state index contributed by atoms with van der Waals surface area (Å²) in [4.78, 5) is 0. The molecule has 0 unspecified atom stereocenters. The van der Waals surface area contributed by atoms with Crippen LogP contribution in [0.15, 0.2) is 109 Å². The van der Waals surface area contributed by atoms with E-state index in [1.165, 1.54) is 11.1 Å². The van der Waals surface area contributed by atoms with Crippen LogP contribution < -0.4 is 14.8 Å². The first-order valence-corrected chi connectivity index (χ1v) is 10.4. The lowest BCUT2D eigenvalue weighted by Gasteiger charge is -2.28. The molecule has 0 saturated carbocycles. The molecule has 0 heterocycles. The van der Waals surface area contributed by atoms with Crippen LogP contribution in [0.4, 0.5) is 0 Å². The van der Waals surface area contributed by atoms with E-state index >= 15 is 0 Å². The fourth-order valence-corrected chi connectivity index (χ4v) is 3.87. The SMILES string of the molecule is COc1cccc([C@H](N[C@@H](c2ccccc2)c2cccc(OC)c2)c2ccccc2)c1. The Morgan fingerprint density at radius 2 is 0.871 bits per heavy atom. The minimum atomic E-state index is -0.0206. The molecule has 0 spiro atoms. The smallest absolute Gasteiger partial charge is 0.119 e. The lowest BCUT2D eigenvalue weighted by atomic mass is 9.93. The third kappa shape index (κ3) is 4.96. The predicted octanol–water partition coefficient (Wildman–Crippen LogP) is 6.17. The Morgan fingerprint density at radius 3 is 1.26 bits per heavy atom. The molecule has 1 N–H and O–H groups in total. The Hall–Kier alpha value is -3.56. The topological polar surface area (TPSA) is 30.5 Å². The molecule has 3 heteroatoms. The highest BCUT2D eigenvalue weighted by atomic mass is 16.5. The molecule has 4 aromatic rings. The van der Waals surface area contributed by atoms with Crippen LogP contribution in [0.1, 0.15) is 34.3 Å². The summed E-state index contributed by atoms with van der Waals surface area (Å²) in [6, 6.07) is 37.5. The van der Waals surface area contributed by atoms with Gasteiger partial charge in [0.1, 0.15) is 11.5 Å². The van der Waals surface area contributed by atoms with E-state index < -0.39 is 0 Å². The van der Waals surface area contributed by atoms with E-state index in [1.807, 2.05) is 36.4 Å². The molecule has 156 valence electrons. The second-order valence-corrected chi connectivity index (χ2v) is 7.41. The van der Waals surface area contributed by atoms with Crippen LogP contribution in [-0.2, 0) is 0 Å². The highest BCUT2D eigenvalue weighted by Gasteiger charge is 2.22. The molecule has 0 fully saturated rings. The molecule has 0 saturated heterocycles. The molecule has 0 radical (unpaired) electrons. The molecule has 0 aromatic heterocycles. The van der Waals surface area contributed by atoms with Gasteiger partial charge in [0.25, 0.3) is 0 Å². The van der Waals surface area contributed by atoms with Crippen molar-refractivity contribution in [1.29, 1.82) is 0 Å². The normalized spacial score (nSPS) is 12.7. The number of methoxy groups -OCH3 is 2. The molecular weight excluding hydrogens is 382 g/mol. The number of rotatable bonds is 8. The van der Waals surface area contributed by atoms with Crippen LogP contribution in [0.5, 0.6) is 11.5 Å². The van der Waals surface area contributed by atoms with Crippen molar-refractivity contribution in [2.45, 2.75) is 12.1 Å².